The van der Waals surface area contributed by atoms with Crippen LogP contribution in [0.15, 0.2) is 53.7 Å². The van der Waals surface area contributed by atoms with Crippen molar-refractivity contribution in [3.63, 3.8) is 0 Å². The third-order valence-electron chi connectivity index (χ3n) is 4.93. The number of phenols is 1. The third-order valence-corrected chi connectivity index (χ3v) is 4.93. The van der Waals surface area contributed by atoms with E-state index in [1.807, 2.05) is 0 Å². The van der Waals surface area contributed by atoms with Gasteiger partial charge in [0.1, 0.15) is 5.75 Å². The molecule has 32 heavy (non-hydrogen) atoms. The Bertz CT molecular complexity index is 1150. The maximum Gasteiger partial charge on any atom is 0.256 e. The van der Waals surface area contributed by atoms with E-state index >= 15 is 0 Å². The summed E-state index contributed by atoms with van der Waals surface area (Å²) in [6.45, 7) is 6.30. The first-order valence-electron chi connectivity index (χ1n) is 10.0. The molecular formula is C22H22FN7O2. The molecule has 0 aliphatic carbocycles. The number of nitrogens with zero attached hydrogens (tertiary/aromatic N) is 4. The van der Waals surface area contributed by atoms with E-state index in [4.69, 9.17) is 0 Å². The van der Waals surface area contributed by atoms with Crippen LogP contribution in [0.1, 0.15) is 10.4 Å². The molecule has 2 aromatic carbocycles. The molecule has 1 amide bonds. The molecule has 0 saturated carbocycles. The zero-order valence-electron chi connectivity index (χ0n) is 17.2. The maximum absolute atomic E-state index is 14.3. The summed E-state index contributed by atoms with van der Waals surface area (Å²) in [4.78, 5) is 27.0. The van der Waals surface area contributed by atoms with Crippen LogP contribution in [0.2, 0.25) is 0 Å². The van der Waals surface area contributed by atoms with E-state index in [-0.39, 0.29) is 23.4 Å². The molecule has 4 rings (SSSR count). The molecule has 1 fully saturated rings. The number of aliphatic imine (C=N–C) groups is 1. The molecule has 2 heterocycles. The van der Waals surface area contributed by atoms with Crippen LogP contribution < -0.4 is 16.0 Å². The van der Waals surface area contributed by atoms with Gasteiger partial charge in [-0.15, -0.1) is 0 Å². The molecule has 10 heteroatoms. The minimum Gasteiger partial charge on any atom is -0.508 e. The summed E-state index contributed by atoms with van der Waals surface area (Å²) in [5, 5.41) is 18.6. The molecule has 0 atom stereocenters. The molecule has 1 aliphatic heterocycles. The SMILES string of the molecule is C=Nc1c(Nc2ncc(F)c(Nc3cccc(O)c3)n2)cccc1C(=O)N1CCNCC1. The van der Waals surface area contributed by atoms with Crippen molar-refractivity contribution < 1.29 is 14.3 Å². The second kappa shape index (κ2) is 9.40. The van der Waals surface area contributed by atoms with Crippen molar-refractivity contribution in [2.75, 3.05) is 36.8 Å². The number of hydrogen-bond acceptors (Lipinski definition) is 8. The highest BCUT2D eigenvalue weighted by molar-refractivity contribution is 6.02. The number of aromatic hydroxyl groups is 1. The Balaban J connectivity index is 1.60. The first-order valence-corrected chi connectivity index (χ1v) is 10.0. The molecule has 1 saturated heterocycles. The van der Waals surface area contributed by atoms with Gasteiger partial charge in [-0.1, -0.05) is 12.1 Å². The number of amides is 1. The number of para-hydroxylation sites is 1. The summed E-state index contributed by atoms with van der Waals surface area (Å²) < 4.78 is 14.3. The molecule has 1 aromatic heterocycles. The molecule has 0 bridgehead atoms. The molecule has 0 radical (unpaired) electrons. The first-order chi connectivity index (χ1) is 15.5. The number of aromatic nitrogens is 2. The standard InChI is InChI=1S/C22H22FN7O2/c1-24-19-16(21(32)30-10-8-25-9-11-30)6-3-7-18(19)28-22-26-13-17(23)20(29-22)27-14-4-2-5-15(31)12-14/h2-7,12-13,25,31H,1,8-11H2,(H2,26,27,28,29). The summed E-state index contributed by atoms with van der Waals surface area (Å²) in [6, 6.07) is 11.4. The van der Waals surface area contributed by atoms with Gasteiger partial charge in [-0.2, -0.15) is 4.98 Å². The van der Waals surface area contributed by atoms with Gasteiger partial charge >= 0.3 is 0 Å². The van der Waals surface area contributed by atoms with Gasteiger partial charge in [-0.25, -0.2) is 9.37 Å². The Morgan fingerprint density at radius 3 is 2.72 bits per heavy atom. The molecule has 1 aliphatic rings. The molecule has 0 unspecified atom stereocenters. The number of phenolic OH excluding ortho intramolecular Hbond substituents is 1. The average molecular weight is 435 g/mol. The van der Waals surface area contributed by atoms with Crippen LogP contribution in [-0.4, -0.2) is 58.8 Å². The summed E-state index contributed by atoms with van der Waals surface area (Å²) in [6.07, 6.45) is 1.03. The van der Waals surface area contributed by atoms with E-state index in [2.05, 4.69) is 37.6 Å². The lowest BCUT2D eigenvalue weighted by molar-refractivity contribution is 0.0736. The van der Waals surface area contributed by atoms with Crippen molar-refractivity contribution in [2.24, 2.45) is 4.99 Å². The van der Waals surface area contributed by atoms with Gasteiger partial charge in [0.25, 0.3) is 5.91 Å². The van der Waals surface area contributed by atoms with Crippen molar-refractivity contribution >= 4 is 41.5 Å². The number of carbonyl (C=O) groups is 1. The topological polar surface area (TPSA) is 115 Å². The van der Waals surface area contributed by atoms with E-state index in [0.29, 0.717) is 35.7 Å². The first kappa shape index (κ1) is 21.2. The highest BCUT2D eigenvalue weighted by atomic mass is 19.1. The smallest absolute Gasteiger partial charge is 0.256 e. The predicted molar refractivity (Wildman–Crippen MR) is 121 cm³/mol. The summed E-state index contributed by atoms with van der Waals surface area (Å²) in [7, 11) is 0. The van der Waals surface area contributed by atoms with Crippen LogP contribution in [0.4, 0.5) is 33.2 Å². The van der Waals surface area contributed by atoms with E-state index in [0.717, 1.165) is 19.3 Å². The average Bonchev–Trinajstić information content (AvgIpc) is 2.81. The summed E-state index contributed by atoms with van der Waals surface area (Å²) >= 11 is 0. The second-order valence-corrected chi connectivity index (χ2v) is 7.09. The quantitative estimate of drug-likeness (QED) is 0.440. The van der Waals surface area contributed by atoms with Crippen molar-refractivity contribution in [1.29, 1.82) is 0 Å². The molecule has 0 spiro atoms. The number of hydrogen-bond donors (Lipinski definition) is 4. The van der Waals surface area contributed by atoms with E-state index < -0.39 is 5.82 Å². The summed E-state index contributed by atoms with van der Waals surface area (Å²) in [5.74, 6) is -0.733. The van der Waals surface area contributed by atoms with Gasteiger partial charge in [0.05, 0.1) is 23.1 Å². The van der Waals surface area contributed by atoms with Gasteiger partial charge < -0.3 is 26.0 Å². The second-order valence-electron chi connectivity index (χ2n) is 7.09. The fourth-order valence-corrected chi connectivity index (χ4v) is 3.38. The van der Waals surface area contributed by atoms with Gasteiger partial charge in [0.2, 0.25) is 5.95 Å². The van der Waals surface area contributed by atoms with Gasteiger partial charge in [-0.05, 0) is 31.0 Å². The number of nitrogens with one attached hydrogen (secondary N) is 3. The highest BCUT2D eigenvalue weighted by Crippen LogP contribution is 2.32. The zero-order valence-corrected chi connectivity index (χ0v) is 17.2. The van der Waals surface area contributed by atoms with Gasteiger partial charge in [-0.3, -0.25) is 9.79 Å². The third kappa shape index (κ3) is 4.65. The van der Waals surface area contributed by atoms with Crippen LogP contribution in [0, 0.1) is 5.82 Å². The minimum atomic E-state index is -0.663. The molecule has 3 aromatic rings. The van der Waals surface area contributed by atoms with Crippen LogP contribution in [0.5, 0.6) is 5.75 Å². The Hall–Kier alpha value is -4.05. The van der Waals surface area contributed by atoms with Crippen LogP contribution in [0.25, 0.3) is 0 Å². The van der Waals surface area contributed by atoms with Crippen molar-refractivity contribution in [2.45, 2.75) is 0 Å². The Morgan fingerprint density at radius 2 is 1.97 bits per heavy atom. The fourth-order valence-electron chi connectivity index (χ4n) is 3.38. The van der Waals surface area contributed by atoms with Crippen molar-refractivity contribution in [3.05, 3.63) is 60.0 Å². The van der Waals surface area contributed by atoms with E-state index in [9.17, 15) is 14.3 Å². The zero-order chi connectivity index (χ0) is 22.5. The lowest BCUT2D eigenvalue weighted by Gasteiger charge is -2.28. The largest absolute Gasteiger partial charge is 0.508 e. The van der Waals surface area contributed by atoms with Crippen LogP contribution in [-0.2, 0) is 0 Å². The van der Waals surface area contributed by atoms with E-state index in [1.165, 1.54) is 12.1 Å². The summed E-state index contributed by atoms with van der Waals surface area (Å²) in [5.41, 5.74) is 1.71. The number of rotatable bonds is 6. The minimum absolute atomic E-state index is 0.0375. The van der Waals surface area contributed by atoms with Crippen LogP contribution in [0.3, 0.4) is 0 Å². The fraction of sp³-hybridized carbons (Fsp3) is 0.182. The van der Waals surface area contributed by atoms with Crippen molar-refractivity contribution in [1.82, 2.24) is 20.2 Å². The molecule has 4 N–H and O–H groups in total. The lowest BCUT2D eigenvalue weighted by Crippen LogP contribution is -2.46. The number of benzene rings is 2. The van der Waals surface area contributed by atoms with Crippen LogP contribution >= 0.6 is 0 Å². The Morgan fingerprint density at radius 1 is 1.19 bits per heavy atom. The molecule has 9 nitrogen and oxygen atoms in total. The predicted octanol–water partition coefficient (Wildman–Crippen LogP) is 3.19. The normalized spacial score (nSPS) is 13.5. The number of carbonyl (C=O) groups excluding carboxylic acids is 1. The molecule has 164 valence electrons. The monoisotopic (exact) mass is 435 g/mol. The van der Waals surface area contributed by atoms with Gasteiger partial charge in [0, 0.05) is 37.9 Å². The lowest BCUT2D eigenvalue weighted by atomic mass is 10.1. The molecular weight excluding hydrogens is 413 g/mol. The maximum atomic E-state index is 14.3. The van der Waals surface area contributed by atoms with Gasteiger partial charge in [0.15, 0.2) is 11.6 Å². The number of halogens is 1. The number of anilines is 4. The Kier molecular flexibility index (Phi) is 6.22. The number of piperazine rings is 1. The van der Waals surface area contributed by atoms with E-state index in [1.54, 1.807) is 35.2 Å². The van der Waals surface area contributed by atoms with Crippen molar-refractivity contribution in [3.8, 4) is 5.75 Å². The Labute approximate surface area is 184 Å². The highest BCUT2D eigenvalue weighted by Gasteiger charge is 2.22.